The number of phenols is 1. The van der Waals surface area contributed by atoms with Crippen LogP contribution in [0, 0.1) is 5.82 Å². The number of benzene rings is 5. The first kappa shape index (κ1) is 18.1. The van der Waals surface area contributed by atoms with Crippen LogP contribution in [0.4, 0.5) is 4.39 Å². The van der Waals surface area contributed by atoms with Gasteiger partial charge in [-0.3, -0.25) is 0 Å². The predicted octanol–water partition coefficient (Wildman–Crippen LogP) is 7.77. The Morgan fingerprint density at radius 1 is 0.647 bits per heavy atom. The molecule has 0 saturated heterocycles. The van der Waals surface area contributed by atoms with Crippen LogP contribution in [-0.2, 0) is 5.41 Å². The minimum absolute atomic E-state index is 0.174. The molecule has 0 aliphatic heterocycles. The minimum atomic E-state index is -0.732. The number of phenolic OH excluding ortho intramolecular Hbond substituents is 1. The van der Waals surface area contributed by atoms with Crippen LogP contribution in [-0.4, -0.2) is 5.11 Å². The van der Waals surface area contributed by atoms with Gasteiger partial charge < -0.3 is 9.52 Å². The van der Waals surface area contributed by atoms with E-state index in [1.807, 2.05) is 60.7 Å². The zero-order chi connectivity index (χ0) is 22.6. The average Bonchev–Trinajstić information content (AvgIpc) is 3.48. The largest absolute Gasteiger partial charge is 0.507 e. The number of aromatic hydroxyl groups is 1. The van der Waals surface area contributed by atoms with Crippen molar-refractivity contribution in [2.75, 3.05) is 0 Å². The Morgan fingerprint density at radius 2 is 1.32 bits per heavy atom. The summed E-state index contributed by atoms with van der Waals surface area (Å²) >= 11 is 0. The van der Waals surface area contributed by atoms with Gasteiger partial charge in [0.05, 0.1) is 10.8 Å². The molecule has 1 aromatic heterocycles. The second-order valence-electron chi connectivity index (χ2n) is 9.15. The van der Waals surface area contributed by atoms with E-state index < -0.39 is 5.41 Å². The summed E-state index contributed by atoms with van der Waals surface area (Å²) in [6.45, 7) is 0. The van der Waals surface area contributed by atoms with Crippen LogP contribution in [0.3, 0.4) is 0 Å². The summed E-state index contributed by atoms with van der Waals surface area (Å²) in [5.74, 6) is -0.0980. The zero-order valence-corrected chi connectivity index (χ0v) is 18.0. The smallest absolute Gasteiger partial charge is 0.147 e. The van der Waals surface area contributed by atoms with Gasteiger partial charge in [-0.15, -0.1) is 0 Å². The number of rotatable bonds is 0. The first-order chi connectivity index (χ1) is 16.7. The Morgan fingerprint density at radius 3 is 2.18 bits per heavy atom. The van der Waals surface area contributed by atoms with Gasteiger partial charge in [-0.2, -0.15) is 0 Å². The Labute approximate surface area is 194 Å². The van der Waals surface area contributed by atoms with Crippen molar-refractivity contribution in [3.05, 3.63) is 125 Å². The maximum absolute atomic E-state index is 14.8. The van der Waals surface area contributed by atoms with E-state index in [1.165, 1.54) is 6.07 Å². The number of fused-ring (bicyclic) bond motifs is 14. The standard InChI is InChI=1S/C31H17FO2/c32-17-13-14-19-18-7-1-4-10-22(18)31(24(19)15-17)23-11-5-2-8-20(23)28-25(31)16-26(33)29-21-9-3-6-12-27(21)34-30(28)29/h1-16,33H. The quantitative estimate of drug-likeness (QED) is 0.261. The van der Waals surface area contributed by atoms with Crippen LogP contribution < -0.4 is 0 Å². The van der Waals surface area contributed by atoms with Gasteiger partial charge in [-0.25, -0.2) is 4.39 Å². The predicted molar refractivity (Wildman–Crippen MR) is 132 cm³/mol. The molecule has 1 N–H and O–H groups in total. The molecule has 1 spiro atoms. The molecule has 0 bridgehead atoms. The van der Waals surface area contributed by atoms with E-state index in [4.69, 9.17) is 4.42 Å². The second-order valence-corrected chi connectivity index (χ2v) is 9.15. The summed E-state index contributed by atoms with van der Waals surface area (Å²) in [5, 5.41) is 13.0. The molecule has 0 fully saturated rings. The molecular formula is C31H17FO2. The van der Waals surface area contributed by atoms with Crippen LogP contribution in [0.5, 0.6) is 5.75 Å². The maximum Gasteiger partial charge on any atom is 0.147 e. The average molecular weight is 440 g/mol. The molecular weight excluding hydrogens is 423 g/mol. The Balaban J connectivity index is 1.64. The highest BCUT2D eigenvalue weighted by molar-refractivity contribution is 6.15. The van der Waals surface area contributed by atoms with Crippen molar-refractivity contribution in [2.45, 2.75) is 5.41 Å². The summed E-state index contributed by atoms with van der Waals surface area (Å²) in [5.41, 5.74) is 8.79. The lowest BCUT2D eigenvalue weighted by Crippen LogP contribution is -2.26. The molecule has 34 heavy (non-hydrogen) atoms. The fraction of sp³-hybridized carbons (Fsp3) is 0.0323. The maximum atomic E-state index is 14.8. The topological polar surface area (TPSA) is 33.4 Å². The van der Waals surface area contributed by atoms with E-state index in [1.54, 1.807) is 6.07 Å². The molecule has 3 heteroatoms. The van der Waals surface area contributed by atoms with Crippen molar-refractivity contribution in [3.63, 3.8) is 0 Å². The zero-order valence-electron chi connectivity index (χ0n) is 18.0. The number of para-hydroxylation sites is 1. The van der Waals surface area contributed by atoms with Gasteiger partial charge in [0, 0.05) is 10.9 Å². The summed E-state index contributed by atoms with van der Waals surface area (Å²) in [4.78, 5) is 0. The van der Waals surface area contributed by atoms with Gasteiger partial charge in [-0.05, 0) is 63.2 Å². The SMILES string of the molecule is Oc1cc2c(c3oc4ccccc4c13)-c1ccccc1C21c2ccccc2-c2ccc(F)cc21. The van der Waals surface area contributed by atoms with Gasteiger partial charge in [0.25, 0.3) is 0 Å². The van der Waals surface area contributed by atoms with Gasteiger partial charge >= 0.3 is 0 Å². The molecule has 2 aliphatic rings. The van der Waals surface area contributed by atoms with Gasteiger partial charge in [-0.1, -0.05) is 72.8 Å². The van der Waals surface area contributed by atoms with Crippen molar-refractivity contribution < 1.29 is 13.9 Å². The minimum Gasteiger partial charge on any atom is -0.507 e. The fourth-order valence-electron chi connectivity index (χ4n) is 6.45. The second kappa shape index (κ2) is 5.95. The fourth-order valence-corrected chi connectivity index (χ4v) is 6.45. The molecule has 5 aromatic carbocycles. The van der Waals surface area contributed by atoms with Crippen molar-refractivity contribution >= 4 is 21.9 Å². The first-order valence-corrected chi connectivity index (χ1v) is 11.4. The van der Waals surface area contributed by atoms with Crippen LogP contribution in [0.2, 0.25) is 0 Å². The first-order valence-electron chi connectivity index (χ1n) is 11.4. The molecule has 1 atom stereocenters. The third kappa shape index (κ3) is 1.90. The summed E-state index contributed by atoms with van der Waals surface area (Å²) in [7, 11) is 0. The summed E-state index contributed by atoms with van der Waals surface area (Å²) in [6, 6.07) is 31.3. The van der Waals surface area contributed by atoms with E-state index in [2.05, 4.69) is 24.3 Å². The highest BCUT2D eigenvalue weighted by atomic mass is 19.1. The number of halogens is 1. The molecule has 8 rings (SSSR count). The van der Waals surface area contributed by atoms with Crippen LogP contribution in [0.15, 0.2) is 101 Å². The van der Waals surface area contributed by atoms with Gasteiger partial charge in [0.1, 0.15) is 22.7 Å². The molecule has 160 valence electrons. The van der Waals surface area contributed by atoms with E-state index in [9.17, 15) is 9.50 Å². The summed E-state index contributed by atoms with van der Waals surface area (Å²) < 4.78 is 21.2. The van der Waals surface area contributed by atoms with Crippen molar-refractivity contribution in [3.8, 4) is 28.0 Å². The van der Waals surface area contributed by atoms with Gasteiger partial charge in [0.15, 0.2) is 0 Å². The molecule has 1 unspecified atom stereocenters. The monoisotopic (exact) mass is 440 g/mol. The van der Waals surface area contributed by atoms with E-state index >= 15 is 0 Å². The number of hydrogen-bond donors (Lipinski definition) is 1. The number of furan rings is 1. The normalized spacial score (nSPS) is 17.2. The molecule has 2 nitrogen and oxygen atoms in total. The van der Waals surface area contributed by atoms with Crippen LogP contribution in [0.25, 0.3) is 44.2 Å². The molecule has 0 saturated carbocycles. The highest BCUT2D eigenvalue weighted by Crippen LogP contribution is 2.64. The Kier molecular flexibility index (Phi) is 3.17. The van der Waals surface area contributed by atoms with Gasteiger partial charge in [0.2, 0.25) is 0 Å². The van der Waals surface area contributed by atoms with Crippen LogP contribution in [0.1, 0.15) is 22.3 Å². The molecule has 1 heterocycles. The molecule has 0 amide bonds. The third-order valence-electron chi connectivity index (χ3n) is 7.64. The highest BCUT2D eigenvalue weighted by Gasteiger charge is 2.53. The Bertz CT molecular complexity index is 1840. The summed E-state index contributed by atoms with van der Waals surface area (Å²) in [6.07, 6.45) is 0. The lowest BCUT2D eigenvalue weighted by molar-refractivity contribution is 0.480. The van der Waals surface area contributed by atoms with E-state index in [0.717, 1.165) is 55.5 Å². The lowest BCUT2D eigenvalue weighted by Gasteiger charge is -2.30. The molecule has 0 radical (unpaired) electrons. The van der Waals surface area contributed by atoms with Crippen molar-refractivity contribution in [2.24, 2.45) is 0 Å². The van der Waals surface area contributed by atoms with E-state index in [-0.39, 0.29) is 11.6 Å². The molecule has 6 aromatic rings. The van der Waals surface area contributed by atoms with E-state index in [0.29, 0.717) is 11.0 Å². The molecule has 2 aliphatic carbocycles. The van der Waals surface area contributed by atoms with Crippen molar-refractivity contribution in [1.29, 1.82) is 0 Å². The lowest BCUT2D eigenvalue weighted by atomic mass is 9.70. The number of hydrogen-bond acceptors (Lipinski definition) is 2. The third-order valence-corrected chi connectivity index (χ3v) is 7.64. The van der Waals surface area contributed by atoms with Crippen LogP contribution >= 0.6 is 0 Å². The Hall–Kier alpha value is -4.37. The van der Waals surface area contributed by atoms with Crippen molar-refractivity contribution in [1.82, 2.24) is 0 Å².